The molecule has 0 saturated carbocycles. The molecule has 0 atom stereocenters. The number of nitrogens with zero attached hydrogens (tertiary/aromatic N) is 2. The van der Waals surface area contributed by atoms with Crippen LogP contribution in [0.1, 0.15) is 11.1 Å². The van der Waals surface area contributed by atoms with Crippen molar-refractivity contribution >= 4 is 51.3 Å². The van der Waals surface area contributed by atoms with Gasteiger partial charge in [-0.25, -0.2) is 0 Å². The first-order valence-electron chi connectivity index (χ1n) is 7.13. The third-order valence-corrected chi connectivity index (χ3v) is 4.27. The SMILES string of the molecule is CN(C)c1ccc(/C=C\c2ccnc3ccc(I)cc23)cc1. The standard InChI is InChI=1S/C19H17IN2/c1-22(2)17-8-4-14(5-9-17)3-6-15-11-12-21-19-10-7-16(20)13-18(15)19/h3-13H,1-2H3/b6-3-. The van der Waals surface area contributed by atoms with Crippen LogP contribution in [-0.2, 0) is 0 Å². The molecule has 0 unspecified atom stereocenters. The Bertz CT molecular complexity index is 820. The fourth-order valence-corrected chi connectivity index (χ4v) is 2.85. The number of halogens is 1. The third kappa shape index (κ3) is 3.30. The van der Waals surface area contributed by atoms with Gasteiger partial charge in [0.15, 0.2) is 0 Å². The second-order valence-electron chi connectivity index (χ2n) is 5.38. The normalized spacial score (nSPS) is 11.2. The molecule has 0 bridgehead atoms. The van der Waals surface area contributed by atoms with Gasteiger partial charge in [0.25, 0.3) is 0 Å². The third-order valence-electron chi connectivity index (χ3n) is 3.60. The topological polar surface area (TPSA) is 16.1 Å². The van der Waals surface area contributed by atoms with Gasteiger partial charge in [-0.3, -0.25) is 4.98 Å². The summed E-state index contributed by atoms with van der Waals surface area (Å²) >= 11 is 2.34. The Kier molecular flexibility index (Phi) is 4.43. The summed E-state index contributed by atoms with van der Waals surface area (Å²) in [5.74, 6) is 0. The molecule has 3 heteroatoms. The molecule has 0 aliphatic carbocycles. The van der Waals surface area contributed by atoms with E-state index in [9.17, 15) is 0 Å². The predicted octanol–water partition coefficient (Wildman–Crippen LogP) is 5.08. The van der Waals surface area contributed by atoms with Crippen LogP contribution in [0, 0.1) is 3.57 Å². The van der Waals surface area contributed by atoms with E-state index in [0.717, 1.165) is 5.52 Å². The van der Waals surface area contributed by atoms with Crippen LogP contribution in [0.15, 0.2) is 54.7 Å². The fraction of sp³-hybridized carbons (Fsp3) is 0.105. The molecule has 1 aromatic heterocycles. The summed E-state index contributed by atoms with van der Waals surface area (Å²) in [5, 5.41) is 1.19. The van der Waals surface area contributed by atoms with Crippen molar-refractivity contribution in [3.63, 3.8) is 0 Å². The highest BCUT2D eigenvalue weighted by atomic mass is 127. The van der Waals surface area contributed by atoms with Crippen LogP contribution in [0.5, 0.6) is 0 Å². The van der Waals surface area contributed by atoms with E-state index >= 15 is 0 Å². The number of rotatable bonds is 3. The van der Waals surface area contributed by atoms with Crippen molar-refractivity contribution in [3.8, 4) is 0 Å². The van der Waals surface area contributed by atoms with Gasteiger partial charge in [0.1, 0.15) is 0 Å². The highest BCUT2D eigenvalue weighted by Gasteiger charge is 2.00. The Balaban J connectivity index is 1.93. The lowest BCUT2D eigenvalue weighted by Gasteiger charge is -2.11. The van der Waals surface area contributed by atoms with Gasteiger partial charge < -0.3 is 4.90 Å². The Morgan fingerprint density at radius 2 is 1.73 bits per heavy atom. The number of aromatic nitrogens is 1. The second kappa shape index (κ2) is 6.48. The lowest BCUT2D eigenvalue weighted by atomic mass is 10.1. The van der Waals surface area contributed by atoms with E-state index < -0.39 is 0 Å². The van der Waals surface area contributed by atoms with Crippen LogP contribution in [-0.4, -0.2) is 19.1 Å². The van der Waals surface area contributed by atoms with Crippen LogP contribution in [0.3, 0.4) is 0 Å². The zero-order chi connectivity index (χ0) is 15.5. The highest BCUT2D eigenvalue weighted by Crippen LogP contribution is 2.22. The molecule has 0 amide bonds. The lowest BCUT2D eigenvalue weighted by molar-refractivity contribution is 1.13. The summed E-state index contributed by atoms with van der Waals surface area (Å²) in [4.78, 5) is 6.53. The lowest BCUT2D eigenvalue weighted by Crippen LogP contribution is -2.07. The van der Waals surface area contributed by atoms with Crippen LogP contribution < -0.4 is 4.90 Å². The average Bonchev–Trinajstić information content (AvgIpc) is 2.53. The van der Waals surface area contributed by atoms with Gasteiger partial charge in [0, 0.05) is 34.9 Å². The molecule has 0 fully saturated rings. The fourth-order valence-electron chi connectivity index (χ4n) is 2.35. The van der Waals surface area contributed by atoms with Crippen LogP contribution in [0.2, 0.25) is 0 Å². The van der Waals surface area contributed by atoms with Crippen LogP contribution >= 0.6 is 22.6 Å². The molecule has 1 heterocycles. The summed E-state index contributed by atoms with van der Waals surface area (Å²) in [6.45, 7) is 0. The van der Waals surface area contributed by atoms with Crippen LogP contribution in [0.25, 0.3) is 23.1 Å². The van der Waals surface area contributed by atoms with Crippen molar-refractivity contribution in [3.05, 3.63) is 69.4 Å². The smallest absolute Gasteiger partial charge is 0.0708 e. The first-order chi connectivity index (χ1) is 10.6. The molecule has 110 valence electrons. The monoisotopic (exact) mass is 400 g/mol. The van der Waals surface area contributed by atoms with Crippen LogP contribution in [0.4, 0.5) is 5.69 Å². The summed E-state index contributed by atoms with van der Waals surface area (Å²) in [7, 11) is 4.10. The molecule has 0 N–H and O–H groups in total. The largest absolute Gasteiger partial charge is 0.378 e. The minimum absolute atomic E-state index is 1.03. The van der Waals surface area contributed by atoms with Gasteiger partial charge in [-0.15, -0.1) is 0 Å². The molecule has 22 heavy (non-hydrogen) atoms. The average molecular weight is 400 g/mol. The summed E-state index contributed by atoms with van der Waals surface area (Å²) in [6, 6.07) is 16.9. The molecule has 0 aliphatic rings. The minimum Gasteiger partial charge on any atom is -0.378 e. The van der Waals surface area contributed by atoms with Crippen molar-refractivity contribution in [2.24, 2.45) is 0 Å². The Morgan fingerprint density at radius 1 is 0.955 bits per heavy atom. The Morgan fingerprint density at radius 3 is 2.45 bits per heavy atom. The molecule has 2 aromatic carbocycles. The number of pyridine rings is 1. The number of hydrogen-bond donors (Lipinski definition) is 0. The quantitative estimate of drug-likeness (QED) is 0.571. The first-order valence-corrected chi connectivity index (χ1v) is 8.21. The Labute approximate surface area is 144 Å². The van der Waals surface area contributed by atoms with Gasteiger partial charge in [0.2, 0.25) is 0 Å². The molecular weight excluding hydrogens is 383 g/mol. The van der Waals surface area contributed by atoms with Gasteiger partial charge in [0.05, 0.1) is 5.52 Å². The zero-order valence-corrected chi connectivity index (χ0v) is 14.8. The van der Waals surface area contributed by atoms with E-state index in [-0.39, 0.29) is 0 Å². The van der Waals surface area contributed by atoms with Crippen molar-refractivity contribution in [1.29, 1.82) is 0 Å². The number of hydrogen-bond acceptors (Lipinski definition) is 2. The van der Waals surface area contributed by atoms with E-state index in [4.69, 9.17) is 0 Å². The molecule has 0 radical (unpaired) electrons. The van der Waals surface area contributed by atoms with Crippen molar-refractivity contribution in [1.82, 2.24) is 4.98 Å². The summed E-state index contributed by atoms with van der Waals surface area (Å²) in [6.07, 6.45) is 6.17. The van der Waals surface area contributed by atoms with Gasteiger partial charge in [-0.2, -0.15) is 0 Å². The molecule has 0 aliphatic heterocycles. The van der Waals surface area contributed by atoms with Crippen molar-refractivity contribution in [2.75, 3.05) is 19.0 Å². The summed E-state index contributed by atoms with van der Waals surface area (Å²) in [5.41, 5.74) is 4.63. The number of fused-ring (bicyclic) bond motifs is 1. The number of anilines is 1. The highest BCUT2D eigenvalue weighted by molar-refractivity contribution is 14.1. The second-order valence-corrected chi connectivity index (χ2v) is 6.63. The van der Waals surface area contributed by atoms with Gasteiger partial charge >= 0.3 is 0 Å². The van der Waals surface area contributed by atoms with E-state index in [1.54, 1.807) is 0 Å². The molecule has 2 nitrogen and oxygen atoms in total. The molecule has 3 aromatic rings. The van der Waals surface area contributed by atoms with E-state index in [2.05, 4.69) is 107 Å². The summed E-state index contributed by atoms with van der Waals surface area (Å²) < 4.78 is 1.23. The zero-order valence-electron chi connectivity index (χ0n) is 12.6. The maximum Gasteiger partial charge on any atom is 0.0708 e. The molecule has 3 rings (SSSR count). The predicted molar refractivity (Wildman–Crippen MR) is 104 cm³/mol. The van der Waals surface area contributed by atoms with Gasteiger partial charge in [-0.1, -0.05) is 24.3 Å². The van der Waals surface area contributed by atoms with Crippen molar-refractivity contribution < 1.29 is 0 Å². The number of benzene rings is 2. The molecular formula is C19H17IN2. The minimum atomic E-state index is 1.03. The maximum atomic E-state index is 4.43. The van der Waals surface area contributed by atoms with Crippen molar-refractivity contribution in [2.45, 2.75) is 0 Å². The van der Waals surface area contributed by atoms with E-state index in [1.165, 1.54) is 25.8 Å². The van der Waals surface area contributed by atoms with E-state index in [0.29, 0.717) is 0 Å². The molecule has 0 spiro atoms. The first kappa shape index (κ1) is 15.0. The maximum absolute atomic E-state index is 4.43. The van der Waals surface area contributed by atoms with E-state index in [1.807, 2.05) is 6.20 Å². The molecule has 0 saturated heterocycles. The Hall–Kier alpha value is -1.88. The van der Waals surface area contributed by atoms with Gasteiger partial charge in [-0.05, 0) is 70.1 Å².